The maximum atomic E-state index is 13.6. The number of nitrogens with one attached hydrogen (secondary N) is 1. The Morgan fingerprint density at radius 1 is 1.21 bits per heavy atom. The van der Waals surface area contributed by atoms with E-state index in [4.69, 9.17) is 9.47 Å². The van der Waals surface area contributed by atoms with Crippen LogP contribution in [-0.4, -0.2) is 48.8 Å². The lowest BCUT2D eigenvalue weighted by molar-refractivity contribution is 0.0443. The highest BCUT2D eigenvalue weighted by Crippen LogP contribution is 2.36. The molecule has 2 aliphatic rings. The molecule has 28 heavy (non-hydrogen) atoms. The average Bonchev–Trinajstić information content (AvgIpc) is 3.11. The van der Waals surface area contributed by atoms with Crippen LogP contribution in [0.25, 0.3) is 0 Å². The maximum Gasteiger partial charge on any atom is 0.408 e. The fourth-order valence-electron chi connectivity index (χ4n) is 3.33. The molecule has 0 radical (unpaired) electrons. The van der Waals surface area contributed by atoms with Gasteiger partial charge in [-0.15, -0.1) is 0 Å². The molecule has 3 heterocycles. The third-order valence-corrected chi connectivity index (χ3v) is 4.74. The normalized spacial score (nSPS) is 22.1. The Kier molecular flexibility index (Phi) is 5.51. The quantitative estimate of drug-likeness (QED) is 0.828. The van der Waals surface area contributed by atoms with Crippen LogP contribution in [0.5, 0.6) is 0 Å². The summed E-state index contributed by atoms with van der Waals surface area (Å²) in [4.78, 5) is 18.3. The lowest BCUT2D eigenvalue weighted by Crippen LogP contribution is -2.36. The largest absolute Gasteiger partial charge is 0.439 e. The van der Waals surface area contributed by atoms with Gasteiger partial charge in [-0.2, -0.15) is 0 Å². The minimum atomic E-state index is -0.624. The van der Waals surface area contributed by atoms with Crippen molar-refractivity contribution in [2.75, 3.05) is 32.8 Å². The van der Waals surface area contributed by atoms with Gasteiger partial charge in [0.2, 0.25) is 0 Å². The van der Waals surface area contributed by atoms with Gasteiger partial charge in [0, 0.05) is 31.0 Å². The third-order valence-electron chi connectivity index (χ3n) is 4.74. The van der Waals surface area contributed by atoms with E-state index in [1.54, 1.807) is 24.5 Å². The van der Waals surface area contributed by atoms with Crippen molar-refractivity contribution in [3.05, 3.63) is 65.2 Å². The number of hydrogen-bond acceptors (Lipinski definition) is 5. The van der Waals surface area contributed by atoms with Gasteiger partial charge in [-0.25, -0.2) is 9.18 Å². The Balaban J connectivity index is 1.52. The van der Waals surface area contributed by atoms with E-state index >= 15 is 0 Å². The molecule has 6 nitrogen and oxygen atoms in total. The zero-order valence-corrected chi connectivity index (χ0v) is 15.2. The number of rotatable bonds is 3. The number of benzene rings is 1. The number of aromatic nitrogens is 1. The van der Waals surface area contributed by atoms with Crippen LogP contribution in [0, 0.1) is 17.7 Å². The highest BCUT2D eigenvalue weighted by atomic mass is 19.1. The summed E-state index contributed by atoms with van der Waals surface area (Å²) < 4.78 is 24.3. The number of carbonyl (C=O) groups excluding carboxylic acids is 1. The molecular formula is C21H20FN3O3. The van der Waals surface area contributed by atoms with E-state index in [1.807, 2.05) is 6.07 Å². The topological polar surface area (TPSA) is 63.7 Å². The first-order valence-corrected chi connectivity index (χ1v) is 9.15. The second-order valence-corrected chi connectivity index (χ2v) is 6.70. The number of ether oxygens (including phenoxy) is 2. The van der Waals surface area contributed by atoms with Gasteiger partial charge in [-0.3, -0.25) is 9.88 Å². The van der Waals surface area contributed by atoms with E-state index in [1.165, 1.54) is 12.1 Å². The van der Waals surface area contributed by atoms with Crippen LogP contribution in [0.4, 0.5) is 9.18 Å². The lowest BCUT2D eigenvalue weighted by atomic mass is 9.97. The number of hydrogen-bond donors (Lipinski definition) is 1. The molecule has 4 rings (SSSR count). The van der Waals surface area contributed by atoms with Crippen molar-refractivity contribution < 1.29 is 18.7 Å². The first-order chi connectivity index (χ1) is 13.7. The molecule has 0 saturated carbocycles. The molecule has 1 N–H and O–H groups in total. The van der Waals surface area contributed by atoms with E-state index < -0.39 is 18.2 Å². The number of halogens is 1. The molecule has 2 atom stereocenters. The number of alkyl carbamates (subject to hydrolysis) is 1. The van der Waals surface area contributed by atoms with Gasteiger partial charge in [0.15, 0.2) is 6.10 Å². The molecule has 1 aromatic heterocycles. The van der Waals surface area contributed by atoms with Gasteiger partial charge in [-0.05, 0) is 29.3 Å². The third kappa shape index (κ3) is 4.30. The van der Waals surface area contributed by atoms with Gasteiger partial charge in [-0.1, -0.05) is 24.0 Å². The molecule has 2 saturated heterocycles. The second kappa shape index (κ2) is 8.38. The molecule has 1 aromatic carbocycles. The van der Waals surface area contributed by atoms with Crippen molar-refractivity contribution in [1.82, 2.24) is 15.2 Å². The molecular weight excluding hydrogens is 361 g/mol. The van der Waals surface area contributed by atoms with Crippen molar-refractivity contribution in [2.45, 2.75) is 12.1 Å². The van der Waals surface area contributed by atoms with Crippen molar-refractivity contribution in [1.29, 1.82) is 0 Å². The van der Waals surface area contributed by atoms with Gasteiger partial charge >= 0.3 is 6.09 Å². The SMILES string of the molecule is O=C1N[C@H](c2cncc(C#CCN3CCOCC3)c2)[C@@H](c2cccc(F)c2)O1. The van der Waals surface area contributed by atoms with Crippen LogP contribution in [-0.2, 0) is 9.47 Å². The van der Waals surface area contributed by atoms with E-state index in [2.05, 4.69) is 27.0 Å². The summed E-state index contributed by atoms with van der Waals surface area (Å²) in [6, 6.07) is 7.49. The van der Waals surface area contributed by atoms with Crippen LogP contribution < -0.4 is 5.32 Å². The van der Waals surface area contributed by atoms with Crippen LogP contribution in [0.1, 0.15) is 28.8 Å². The van der Waals surface area contributed by atoms with E-state index in [0.717, 1.165) is 37.4 Å². The predicted octanol–water partition coefficient (Wildman–Crippen LogP) is 2.43. The summed E-state index contributed by atoms with van der Waals surface area (Å²) in [5.74, 6) is 5.91. The van der Waals surface area contributed by atoms with E-state index in [-0.39, 0.29) is 5.82 Å². The van der Waals surface area contributed by atoms with E-state index in [9.17, 15) is 9.18 Å². The molecule has 0 spiro atoms. The van der Waals surface area contributed by atoms with Crippen molar-refractivity contribution in [2.24, 2.45) is 0 Å². The summed E-state index contributed by atoms with van der Waals surface area (Å²) in [6.07, 6.45) is 2.19. The van der Waals surface area contributed by atoms with Crippen molar-refractivity contribution in [3.8, 4) is 11.8 Å². The first-order valence-electron chi connectivity index (χ1n) is 9.15. The Labute approximate surface area is 162 Å². The molecule has 0 bridgehead atoms. The molecule has 2 aliphatic heterocycles. The minimum absolute atomic E-state index is 0.375. The standard InChI is InChI=1S/C21H20FN3O3/c22-18-5-1-4-16(12-18)20-19(24-21(26)28-20)17-11-15(13-23-14-17)3-2-6-25-7-9-27-10-8-25/h1,4-5,11-14,19-20H,6-10H2,(H,24,26)/t19-,20-/m1/s1. The highest BCUT2D eigenvalue weighted by molar-refractivity contribution is 5.71. The van der Waals surface area contributed by atoms with Crippen molar-refractivity contribution >= 4 is 6.09 Å². The first kappa shape index (κ1) is 18.4. The van der Waals surface area contributed by atoms with Crippen LogP contribution in [0.2, 0.25) is 0 Å². The van der Waals surface area contributed by atoms with Crippen LogP contribution in [0.15, 0.2) is 42.7 Å². The highest BCUT2D eigenvalue weighted by Gasteiger charge is 2.36. The van der Waals surface area contributed by atoms with Gasteiger partial charge in [0.25, 0.3) is 0 Å². The van der Waals surface area contributed by atoms with Crippen molar-refractivity contribution in [3.63, 3.8) is 0 Å². The van der Waals surface area contributed by atoms with Crippen LogP contribution in [0.3, 0.4) is 0 Å². The Morgan fingerprint density at radius 3 is 2.89 bits per heavy atom. The monoisotopic (exact) mass is 381 g/mol. The van der Waals surface area contributed by atoms with Gasteiger partial charge < -0.3 is 14.8 Å². The maximum absolute atomic E-state index is 13.6. The Bertz CT molecular complexity index is 918. The smallest absolute Gasteiger partial charge is 0.408 e. The molecule has 144 valence electrons. The number of pyridine rings is 1. The van der Waals surface area contributed by atoms with Crippen LogP contribution >= 0.6 is 0 Å². The summed E-state index contributed by atoms with van der Waals surface area (Å²) in [5.41, 5.74) is 2.11. The summed E-state index contributed by atoms with van der Waals surface area (Å²) in [7, 11) is 0. The molecule has 7 heteroatoms. The van der Waals surface area contributed by atoms with E-state index in [0.29, 0.717) is 12.1 Å². The molecule has 0 aliphatic carbocycles. The molecule has 2 aromatic rings. The average molecular weight is 381 g/mol. The minimum Gasteiger partial charge on any atom is -0.439 e. The summed E-state index contributed by atoms with van der Waals surface area (Å²) in [6.45, 7) is 3.91. The zero-order valence-electron chi connectivity index (χ0n) is 15.2. The number of carbonyl (C=O) groups is 1. The number of nitrogens with zero attached hydrogens (tertiary/aromatic N) is 2. The molecule has 1 amide bonds. The predicted molar refractivity (Wildman–Crippen MR) is 99.9 cm³/mol. The Morgan fingerprint density at radius 2 is 2.07 bits per heavy atom. The molecule has 2 fully saturated rings. The number of amides is 1. The van der Waals surface area contributed by atoms with Gasteiger partial charge in [0.05, 0.1) is 19.8 Å². The summed E-state index contributed by atoms with van der Waals surface area (Å²) >= 11 is 0. The van der Waals surface area contributed by atoms with Gasteiger partial charge in [0.1, 0.15) is 11.9 Å². The second-order valence-electron chi connectivity index (χ2n) is 6.70. The lowest BCUT2D eigenvalue weighted by Gasteiger charge is -2.24. The number of cyclic esters (lactones) is 1. The zero-order chi connectivity index (χ0) is 19.3. The Hall–Kier alpha value is -2.95. The fraction of sp³-hybridized carbons (Fsp3) is 0.333. The fourth-order valence-corrected chi connectivity index (χ4v) is 3.33. The number of morpholine rings is 1. The molecule has 0 unspecified atom stereocenters. The summed E-state index contributed by atoms with van der Waals surface area (Å²) in [5, 5.41) is 2.78.